The van der Waals surface area contributed by atoms with Crippen molar-refractivity contribution >= 4 is 13.7 Å². The molecule has 1 amide bonds. The molecule has 332 valence electrons. The average molecular weight is 814 g/mol. The Morgan fingerprint density at radius 2 is 0.982 bits per heavy atom. The summed E-state index contributed by atoms with van der Waals surface area (Å²) in [5.74, 6) is -0.186. The molecular formula is C47H94N2O6P+. The smallest absolute Gasteiger partial charge is 0.387 e. The molecule has 3 N–H and O–H groups in total. The number of likely N-dealkylation sites (N-methyl/N-ethyl adjacent to an activating group) is 1. The van der Waals surface area contributed by atoms with E-state index in [1.165, 1.54) is 161 Å². The van der Waals surface area contributed by atoms with Crippen molar-refractivity contribution in [2.45, 2.75) is 231 Å². The molecule has 0 rings (SSSR count). The summed E-state index contributed by atoms with van der Waals surface area (Å²) in [5, 5.41) is 13.8. The van der Waals surface area contributed by atoms with Crippen molar-refractivity contribution in [1.82, 2.24) is 5.32 Å². The molecule has 3 atom stereocenters. The second-order valence-corrected chi connectivity index (χ2v) is 18.9. The SMILES string of the molecule is CCCCCCCCCCCCCCCCC/C=C/CC/C=C/C(O)C(COP(=O)(O)OCC[N+](C)(C)C)NC(=O)CCCCCCCCCCCCCCC. The molecule has 0 fully saturated rings. The van der Waals surface area contributed by atoms with Crippen molar-refractivity contribution in [2.75, 3.05) is 40.9 Å². The predicted molar refractivity (Wildman–Crippen MR) is 240 cm³/mol. The number of phosphoric acid groups is 1. The summed E-state index contributed by atoms with van der Waals surface area (Å²) in [5.41, 5.74) is 0. The van der Waals surface area contributed by atoms with Gasteiger partial charge in [-0.25, -0.2) is 4.57 Å². The van der Waals surface area contributed by atoms with Gasteiger partial charge in [-0.15, -0.1) is 0 Å². The Morgan fingerprint density at radius 1 is 0.589 bits per heavy atom. The molecule has 0 aliphatic carbocycles. The van der Waals surface area contributed by atoms with Gasteiger partial charge in [0.15, 0.2) is 0 Å². The summed E-state index contributed by atoms with van der Waals surface area (Å²) in [6.45, 7) is 4.80. The van der Waals surface area contributed by atoms with Crippen LogP contribution in [0, 0.1) is 0 Å². The van der Waals surface area contributed by atoms with E-state index in [1.54, 1.807) is 6.08 Å². The van der Waals surface area contributed by atoms with E-state index in [-0.39, 0.29) is 19.1 Å². The summed E-state index contributed by atoms with van der Waals surface area (Å²) < 4.78 is 23.6. The van der Waals surface area contributed by atoms with Crippen LogP contribution in [0.3, 0.4) is 0 Å². The first kappa shape index (κ1) is 55.0. The summed E-state index contributed by atoms with van der Waals surface area (Å²) in [4.78, 5) is 23.1. The van der Waals surface area contributed by atoms with Crippen molar-refractivity contribution in [3.8, 4) is 0 Å². The molecular weight excluding hydrogens is 719 g/mol. The molecule has 0 spiro atoms. The molecule has 8 nitrogen and oxygen atoms in total. The second kappa shape index (κ2) is 39.4. The van der Waals surface area contributed by atoms with Gasteiger partial charge in [-0.05, 0) is 32.1 Å². The monoisotopic (exact) mass is 814 g/mol. The molecule has 0 saturated carbocycles. The molecule has 56 heavy (non-hydrogen) atoms. The number of allylic oxidation sites excluding steroid dienone is 3. The summed E-state index contributed by atoms with van der Waals surface area (Å²) >= 11 is 0. The van der Waals surface area contributed by atoms with Gasteiger partial charge in [0.05, 0.1) is 39.9 Å². The highest BCUT2D eigenvalue weighted by Crippen LogP contribution is 2.43. The van der Waals surface area contributed by atoms with Gasteiger partial charge in [0.25, 0.3) is 0 Å². The third-order valence-electron chi connectivity index (χ3n) is 10.7. The number of aliphatic hydroxyl groups is 1. The fourth-order valence-electron chi connectivity index (χ4n) is 6.88. The largest absolute Gasteiger partial charge is 0.472 e. The zero-order valence-corrected chi connectivity index (χ0v) is 38.5. The lowest BCUT2D eigenvalue weighted by Crippen LogP contribution is -2.45. The number of carbonyl (C=O) groups is 1. The fraction of sp³-hybridized carbons (Fsp3) is 0.894. The first-order chi connectivity index (χ1) is 27.0. The van der Waals surface area contributed by atoms with Crippen molar-refractivity contribution in [1.29, 1.82) is 0 Å². The normalized spacial score (nSPS) is 14.5. The first-order valence-electron chi connectivity index (χ1n) is 23.7. The van der Waals surface area contributed by atoms with Gasteiger partial charge in [-0.2, -0.15) is 0 Å². The number of aliphatic hydroxyl groups excluding tert-OH is 1. The number of carbonyl (C=O) groups excluding carboxylic acids is 1. The van der Waals surface area contributed by atoms with Crippen LogP contribution in [0.2, 0.25) is 0 Å². The van der Waals surface area contributed by atoms with E-state index in [4.69, 9.17) is 9.05 Å². The molecule has 0 saturated heterocycles. The number of hydrogen-bond acceptors (Lipinski definition) is 5. The molecule has 0 bridgehead atoms. The van der Waals surface area contributed by atoms with Crippen LogP contribution in [0.4, 0.5) is 0 Å². The Morgan fingerprint density at radius 3 is 1.43 bits per heavy atom. The number of quaternary nitrogens is 1. The van der Waals surface area contributed by atoms with Gasteiger partial charge < -0.3 is 19.8 Å². The average Bonchev–Trinajstić information content (AvgIpc) is 3.15. The maximum Gasteiger partial charge on any atom is 0.472 e. The van der Waals surface area contributed by atoms with Crippen molar-refractivity contribution in [2.24, 2.45) is 0 Å². The molecule has 0 aromatic rings. The minimum atomic E-state index is -4.34. The van der Waals surface area contributed by atoms with E-state index >= 15 is 0 Å². The summed E-state index contributed by atoms with van der Waals surface area (Å²) in [6, 6.07) is -0.858. The number of unbranched alkanes of at least 4 members (excludes halogenated alkanes) is 28. The van der Waals surface area contributed by atoms with Crippen LogP contribution in [0.1, 0.15) is 219 Å². The van der Waals surface area contributed by atoms with Crippen molar-refractivity contribution in [3.63, 3.8) is 0 Å². The molecule has 0 aliphatic heterocycles. The van der Waals surface area contributed by atoms with E-state index in [1.807, 2.05) is 27.2 Å². The van der Waals surface area contributed by atoms with E-state index in [2.05, 4.69) is 31.3 Å². The molecule has 0 heterocycles. The Balaban J connectivity index is 4.38. The first-order valence-corrected chi connectivity index (χ1v) is 25.2. The molecule has 0 aromatic carbocycles. The number of hydrogen-bond donors (Lipinski definition) is 3. The Bertz CT molecular complexity index is 969. The number of nitrogens with one attached hydrogen (secondary N) is 1. The Kier molecular flexibility index (Phi) is 38.7. The Hall–Kier alpha value is -1.02. The third kappa shape index (κ3) is 41.2. The summed E-state index contributed by atoms with van der Waals surface area (Å²) in [7, 11) is 1.56. The standard InChI is InChI=1S/C47H93N2O6P/c1-6-8-10-12-14-16-18-20-21-22-23-24-25-26-27-29-30-32-34-36-38-40-46(50)45(44-55-56(52,53)54-43-42-49(3,4)5)48-47(51)41-39-37-35-33-31-28-19-17-15-13-11-9-7-2/h30,32,38,40,45-46,50H,6-29,31,33-37,39,41-44H2,1-5H3,(H-,48,51,52,53)/p+1/b32-30+,40-38+. The predicted octanol–water partition coefficient (Wildman–Crippen LogP) is 13.3. The molecule has 3 unspecified atom stereocenters. The van der Waals surface area contributed by atoms with Crippen LogP contribution < -0.4 is 5.32 Å². The second-order valence-electron chi connectivity index (χ2n) is 17.5. The maximum atomic E-state index is 12.9. The van der Waals surface area contributed by atoms with Crippen LogP contribution in [0.25, 0.3) is 0 Å². The number of phosphoric ester groups is 1. The minimum Gasteiger partial charge on any atom is -0.387 e. The number of nitrogens with zero attached hydrogens (tertiary/aromatic N) is 1. The van der Waals surface area contributed by atoms with Gasteiger partial charge in [-0.1, -0.05) is 205 Å². The molecule has 9 heteroatoms. The lowest BCUT2D eigenvalue weighted by molar-refractivity contribution is -0.870. The van der Waals surface area contributed by atoms with Gasteiger partial charge in [0.2, 0.25) is 5.91 Å². The molecule has 0 aromatic heterocycles. The highest BCUT2D eigenvalue weighted by molar-refractivity contribution is 7.47. The van der Waals surface area contributed by atoms with Crippen LogP contribution in [-0.2, 0) is 18.4 Å². The topological polar surface area (TPSA) is 105 Å². The number of amides is 1. The van der Waals surface area contributed by atoms with E-state index in [0.717, 1.165) is 38.5 Å². The van der Waals surface area contributed by atoms with E-state index in [9.17, 15) is 19.4 Å². The van der Waals surface area contributed by atoms with Crippen LogP contribution in [0.15, 0.2) is 24.3 Å². The van der Waals surface area contributed by atoms with Crippen molar-refractivity contribution < 1.29 is 32.9 Å². The van der Waals surface area contributed by atoms with Gasteiger partial charge in [0, 0.05) is 6.42 Å². The van der Waals surface area contributed by atoms with E-state index in [0.29, 0.717) is 17.4 Å². The third-order valence-corrected chi connectivity index (χ3v) is 11.7. The minimum absolute atomic E-state index is 0.0583. The van der Waals surface area contributed by atoms with Gasteiger partial charge in [-0.3, -0.25) is 13.8 Å². The lowest BCUT2D eigenvalue weighted by atomic mass is 10.0. The highest BCUT2D eigenvalue weighted by atomic mass is 31.2. The Labute approximate surface area is 347 Å². The zero-order valence-electron chi connectivity index (χ0n) is 37.6. The zero-order chi connectivity index (χ0) is 41.4. The van der Waals surface area contributed by atoms with E-state index < -0.39 is 20.0 Å². The molecule has 0 aliphatic rings. The van der Waals surface area contributed by atoms with Crippen LogP contribution >= 0.6 is 7.82 Å². The quantitative estimate of drug-likeness (QED) is 0.0245. The van der Waals surface area contributed by atoms with Crippen LogP contribution in [0.5, 0.6) is 0 Å². The molecule has 0 radical (unpaired) electrons. The fourth-order valence-corrected chi connectivity index (χ4v) is 7.62. The highest BCUT2D eigenvalue weighted by Gasteiger charge is 2.27. The van der Waals surface area contributed by atoms with Crippen molar-refractivity contribution in [3.05, 3.63) is 24.3 Å². The lowest BCUT2D eigenvalue weighted by Gasteiger charge is -2.25. The van der Waals surface area contributed by atoms with Gasteiger partial charge >= 0.3 is 7.82 Å². The maximum absolute atomic E-state index is 12.9. The summed E-state index contributed by atoms with van der Waals surface area (Å²) in [6.07, 6.45) is 46.8. The van der Waals surface area contributed by atoms with Crippen LogP contribution in [-0.4, -0.2) is 73.4 Å². The number of rotatable bonds is 43. The van der Waals surface area contributed by atoms with Gasteiger partial charge in [0.1, 0.15) is 13.2 Å².